The molecule has 1 amide bonds. The van der Waals surface area contributed by atoms with Crippen molar-refractivity contribution < 1.29 is 9.53 Å². The van der Waals surface area contributed by atoms with Crippen LogP contribution < -0.4 is 10.1 Å². The van der Waals surface area contributed by atoms with Gasteiger partial charge in [-0.15, -0.1) is 10.2 Å². The first-order valence-corrected chi connectivity index (χ1v) is 10.7. The molecule has 2 aromatic carbocycles. The number of carbonyl (C=O) groups excluding carboxylic acids is 1. The summed E-state index contributed by atoms with van der Waals surface area (Å²) in [7, 11) is 1.88. The normalized spacial score (nSPS) is 10.7. The number of nitrogens with one attached hydrogen (secondary N) is 1. The highest BCUT2D eigenvalue weighted by Gasteiger charge is 2.13. The van der Waals surface area contributed by atoms with E-state index in [1.807, 2.05) is 48.0 Å². The van der Waals surface area contributed by atoms with Crippen LogP contribution in [0.25, 0.3) is 11.4 Å². The zero-order valence-corrected chi connectivity index (χ0v) is 18.0. The van der Waals surface area contributed by atoms with E-state index < -0.39 is 0 Å². The SMILES string of the molecule is CCCCOc1ccc(-c2nnc(SCC(=O)Nc3ccccc3Cl)n2C)cc1. The van der Waals surface area contributed by atoms with Gasteiger partial charge in [-0.2, -0.15) is 0 Å². The van der Waals surface area contributed by atoms with Crippen molar-refractivity contribution in [3.8, 4) is 17.1 Å². The van der Waals surface area contributed by atoms with Gasteiger partial charge in [0, 0.05) is 12.6 Å². The summed E-state index contributed by atoms with van der Waals surface area (Å²) in [6.45, 7) is 2.85. The summed E-state index contributed by atoms with van der Waals surface area (Å²) in [6, 6.07) is 14.9. The first kappa shape index (κ1) is 21.2. The van der Waals surface area contributed by atoms with Crippen LogP contribution in [0.15, 0.2) is 53.7 Å². The van der Waals surface area contributed by atoms with Crippen molar-refractivity contribution >= 4 is 35.0 Å². The van der Waals surface area contributed by atoms with E-state index in [1.54, 1.807) is 12.1 Å². The number of unbranched alkanes of at least 4 members (excludes halogenated alkanes) is 1. The fraction of sp³-hybridized carbons (Fsp3) is 0.286. The number of aromatic nitrogens is 3. The van der Waals surface area contributed by atoms with Crippen LogP contribution in [0.3, 0.4) is 0 Å². The van der Waals surface area contributed by atoms with Gasteiger partial charge < -0.3 is 14.6 Å². The molecule has 0 saturated heterocycles. The summed E-state index contributed by atoms with van der Waals surface area (Å²) in [5, 5.41) is 12.5. The lowest BCUT2D eigenvalue weighted by molar-refractivity contribution is -0.113. The molecule has 6 nitrogen and oxygen atoms in total. The van der Waals surface area contributed by atoms with E-state index in [-0.39, 0.29) is 11.7 Å². The number of amides is 1. The second-order valence-electron chi connectivity index (χ2n) is 6.41. The highest BCUT2D eigenvalue weighted by Crippen LogP contribution is 2.25. The lowest BCUT2D eigenvalue weighted by Crippen LogP contribution is -2.14. The molecule has 0 aliphatic rings. The Morgan fingerprint density at radius 3 is 2.66 bits per heavy atom. The Morgan fingerprint density at radius 2 is 1.93 bits per heavy atom. The maximum atomic E-state index is 12.2. The minimum Gasteiger partial charge on any atom is -0.494 e. The Balaban J connectivity index is 1.59. The van der Waals surface area contributed by atoms with E-state index in [9.17, 15) is 4.79 Å². The highest BCUT2D eigenvalue weighted by atomic mass is 35.5. The highest BCUT2D eigenvalue weighted by molar-refractivity contribution is 7.99. The Morgan fingerprint density at radius 1 is 1.17 bits per heavy atom. The minimum absolute atomic E-state index is 0.152. The Hall–Kier alpha value is -2.51. The maximum Gasteiger partial charge on any atom is 0.234 e. The summed E-state index contributed by atoms with van der Waals surface area (Å²) >= 11 is 7.39. The zero-order valence-electron chi connectivity index (χ0n) is 16.4. The molecule has 0 spiro atoms. The number of carbonyl (C=O) groups is 1. The fourth-order valence-corrected chi connectivity index (χ4v) is 3.50. The number of para-hydroxylation sites is 1. The number of hydrogen-bond acceptors (Lipinski definition) is 5. The Kier molecular flexibility index (Phi) is 7.55. The molecule has 3 rings (SSSR count). The van der Waals surface area contributed by atoms with Crippen LogP contribution in [0, 0.1) is 0 Å². The van der Waals surface area contributed by atoms with Crippen molar-refractivity contribution in [3.63, 3.8) is 0 Å². The van der Waals surface area contributed by atoms with Crippen LogP contribution in [-0.4, -0.2) is 33.0 Å². The van der Waals surface area contributed by atoms with E-state index in [1.165, 1.54) is 11.8 Å². The molecule has 0 aliphatic carbocycles. The molecule has 0 radical (unpaired) electrons. The monoisotopic (exact) mass is 430 g/mol. The van der Waals surface area contributed by atoms with Gasteiger partial charge in [-0.3, -0.25) is 4.79 Å². The number of thioether (sulfide) groups is 1. The van der Waals surface area contributed by atoms with Gasteiger partial charge >= 0.3 is 0 Å². The van der Waals surface area contributed by atoms with E-state index in [0.717, 1.165) is 36.6 Å². The van der Waals surface area contributed by atoms with E-state index in [4.69, 9.17) is 16.3 Å². The van der Waals surface area contributed by atoms with Gasteiger partial charge in [0.25, 0.3) is 0 Å². The molecule has 8 heteroatoms. The molecule has 1 aromatic heterocycles. The molecule has 0 bridgehead atoms. The number of rotatable bonds is 9. The van der Waals surface area contributed by atoms with Crippen LogP contribution in [0.4, 0.5) is 5.69 Å². The first-order chi connectivity index (χ1) is 14.1. The molecule has 1 N–H and O–H groups in total. The molecule has 152 valence electrons. The zero-order chi connectivity index (χ0) is 20.6. The van der Waals surface area contributed by atoms with Crippen molar-refractivity contribution in [2.45, 2.75) is 24.9 Å². The van der Waals surface area contributed by atoms with Crippen molar-refractivity contribution in [3.05, 3.63) is 53.6 Å². The average Bonchev–Trinajstić information content (AvgIpc) is 3.09. The lowest BCUT2D eigenvalue weighted by atomic mass is 10.2. The van der Waals surface area contributed by atoms with Crippen molar-refractivity contribution in [1.82, 2.24) is 14.8 Å². The van der Waals surface area contributed by atoms with Gasteiger partial charge in [-0.05, 0) is 42.8 Å². The van der Waals surface area contributed by atoms with E-state index in [2.05, 4.69) is 22.4 Å². The Bertz CT molecular complexity index is 960. The van der Waals surface area contributed by atoms with Crippen LogP contribution >= 0.6 is 23.4 Å². The second kappa shape index (κ2) is 10.3. The summed E-state index contributed by atoms with van der Waals surface area (Å²) in [6.07, 6.45) is 2.14. The largest absolute Gasteiger partial charge is 0.494 e. The van der Waals surface area contributed by atoms with E-state index >= 15 is 0 Å². The summed E-state index contributed by atoms with van der Waals surface area (Å²) in [4.78, 5) is 12.2. The molecule has 0 aliphatic heterocycles. The van der Waals surface area contributed by atoms with Gasteiger partial charge in [0.15, 0.2) is 11.0 Å². The Labute approximate surface area is 179 Å². The third kappa shape index (κ3) is 5.74. The van der Waals surface area contributed by atoms with Gasteiger partial charge in [0.05, 0.1) is 23.1 Å². The quantitative estimate of drug-likeness (QED) is 0.380. The van der Waals surface area contributed by atoms with Crippen LogP contribution in [0.2, 0.25) is 5.02 Å². The molecule has 3 aromatic rings. The molecule has 1 heterocycles. The molecular weight excluding hydrogens is 408 g/mol. The van der Waals surface area contributed by atoms with Gasteiger partial charge in [-0.1, -0.05) is 48.8 Å². The molecule has 0 saturated carbocycles. The number of halogens is 1. The third-order valence-corrected chi connectivity index (χ3v) is 5.54. The number of anilines is 1. The topological polar surface area (TPSA) is 69.0 Å². The lowest BCUT2D eigenvalue weighted by Gasteiger charge is -2.08. The average molecular weight is 431 g/mol. The van der Waals surface area contributed by atoms with Gasteiger partial charge in [0.1, 0.15) is 5.75 Å². The van der Waals surface area contributed by atoms with E-state index in [0.29, 0.717) is 15.9 Å². The number of benzene rings is 2. The standard InChI is InChI=1S/C21H23ClN4O2S/c1-3-4-13-28-16-11-9-15(10-12-16)20-24-25-21(26(20)2)29-14-19(27)23-18-8-6-5-7-17(18)22/h5-12H,3-4,13-14H2,1-2H3,(H,23,27). The van der Waals surface area contributed by atoms with Crippen LogP contribution in [-0.2, 0) is 11.8 Å². The predicted octanol–water partition coefficient (Wildman–Crippen LogP) is 5.05. The molecule has 0 unspecified atom stereocenters. The van der Waals surface area contributed by atoms with Crippen molar-refractivity contribution in [2.75, 3.05) is 17.7 Å². The second-order valence-corrected chi connectivity index (χ2v) is 7.76. The fourth-order valence-electron chi connectivity index (χ4n) is 2.61. The van der Waals surface area contributed by atoms with Crippen molar-refractivity contribution in [2.24, 2.45) is 7.05 Å². The van der Waals surface area contributed by atoms with Gasteiger partial charge in [0.2, 0.25) is 5.91 Å². The smallest absolute Gasteiger partial charge is 0.234 e. The summed E-state index contributed by atoms with van der Waals surface area (Å²) in [5.41, 5.74) is 1.54. The molecule has 0 atom stereocenters. The third-order valence-electron chi connectivity index (χ3n) is 4.19. The summed E-state index contributed by atoms with van der Waals surface area (Å²) < 4.78 is 7.57. The van der Waals surface area contributed by atoms with Crippen molar-refractivity contribution in [1.29, 1.82) is 0 Å². The number of ether oxygens (including phenoxy) is 1. The minimum atomic E-state index is -0.152. The predicted molar refractivity (Wildman–Crippen MR) is 118 cm³/mol. The number of nitrogens with zero attached hydrogens (tertiary/aromatic N) is 3. The maximum absolute atomic E-state index is 12.2. The van der Waals surface area contributed by atoms with Crippen LogP contribution in [0.5, 0.6) is 5.75 Å². The first-order valence-electron chi connectivity index (χ1n) is 9.38. The number of hydrogen-bond donors (Lipinski definition) is 1. The van der Waals surface area contributed by atoms with Crippen LogP contribution in [0.1, 0.15) is 19.8 Å². The molecule has 29 heavy (non-hydrogen) atoms. The van der Waals surface area contributed by atoms with Gasteiger partial charge in [-0.25, -0.2) is 0 Å². The molecular formula is C21H23ClN4O2S. The summed E-state index contributed by atoms with van der Waals surface area (Å²) in [5.74, 6) is 1.64. The molecule has 0 fully saturated rings.